The summed E-state index contributed by atoms with van der Waals surface area (Å²) in [5.74, 6) is -0.189. The number of aromatic hydroxyl groups is 1. The molecular formula is C21H22N4O4S. The molecule has 0 bridgehead atoms. The summed E-state index contributed by atoms with van der Waals surface area (Å²) < 4.78 is 27.1. The molecular weight excluding hydrogens is 404 g/mol. The van der Waals surface area contributed by atoms with Crippen molar-refractivity contribution >= 4 is 33.0 Å². The molecule has 2 N–H and O–H groups in total. The Labute approximate surface area is 175 Å². The summed E-state index contributed by atoms with van der Waals surface area (Å²) in [7, 11) is -3.77. The Morgan fingerprint density at radius 3 is 2.20 bits per heavy atom. The lowest BCUT2D eigenvalue weighted by molar-refractivity contribution is 0.101. The molecule has 0 saturated carbocycles. The first-order valence-corrected chi connectivity index (χ1v) is 10.6. The van der Waals surface area contributed by atoms with Crippen LogP contribution < -0.4 is 4.72 Å². The molecule has 0 saturated heterocycles. The standard InChI is InChI=1S/C19H16N4O4S.C2H6/c1-13(24)17-12-15(7-10-18(17)25)22-21-14-5-8-16(9-6-14)28(26,27)23-19-4-2-3-11-20-19;1-2/h2-12,25H,1H3,(H,20,23);1-2H3. The third-order valence-corrected chi connectivity index (χ3v) is 5.06. The quantitative estimate of drug-likeness (QED) is 0.413. The molecule has 8 nitrogen and oxygen atoms in total. The smallest absolute Gasteiger partial charge is 0.263 e. The van der Waals surface area contributed by atoms with Crippen LogP contribution in [0.1, 0.15) is 31.1 Å². The maximum Gasteiger partial charge on any atom is 0.263 e. The van der Waals surface area contributed by atoms with E-state index in [-0.39, 0.29) is 27.8 Å². The highest BCUT2D eigenvalue weighted by atomic mass is 32.2. The molecule has 0 spiro atoms. The van der Waals surface area contributed by atoms with Crippen molar-refractivity contribution in [3.63, 3.8) is 0 Å². The molecule has 9 heteroatoms. The van der Waals surface area contributed by atoms with Crippen molar-refractivity contribution in [1.82, 2.24) is 4.98 Å². The number of hydrogen-bond donors (Lipinski definition) is 2. The Morgan fingerprint density at radius 2 is 1.60 bits per heavy atom. The number of benzene rings is 2. The molecule has 3 rings (SSSR count). The van der Waals surface area contributed by atoms with Gasteiger partial charge in [0.25, 0.3) is 10.0 Å². The first-order valence-electron chi connectivity index (χ1n) is 9.15. The average Bonchev–Trinajstić information content (AvgIpc) is 2.75. The van der Waals surface area contributed by atoms with E-state index in [0.29, 0.717) is 11.4 Å². The largest absolute Gasteiger partial charge is 0.507 e. The number of anilines is 1. The van der Waals surface area contributed by atoms with Crippen LogP contribution in [-0.2, 0) is 10.0 Å². The van der Waals surface area contributed by atoms with E-state index in [2.05, 4.69) is 19.9 Å². The number of phenolic OH excluding ortho intramolecular Hbond substituents is 1. The first kappa shape index (κ1) is 22.7. The molecule has 2 aromatic carbocycles. The van der Waals surface area contributed by atoms with Crippen molar-refractivity contribution < 1.29 is 18.3 Å². The SMILES string of the molecule is CC.CC(=O)c1cc(N=Nc2ccc(S(=O)(=O)Nc3ccccn3)cc2)ccc1O. The van der Waals surface area contributed by atoms with Gasteiger partial charge < -0.3 is 5.11 Å². The van der Waals surface area contributed by atoms with Crippen LogP contribution in [0.2, 0.25) is 0 Å². The molecule has 0 unspecified atom stereocenters. The molecule has 30 heavy (non-hydrogen) atoms. The van der Waals surface area contributed by atoms with E-state index in [1.54, 1.807) is 18.2 Å². The van der Waals surface area contributed by atoms with Crippen LogP contribution in [0.4, 0.5) is 17.2 Å². The van der Waals surface area contributed by atoms with E-state index in [0.717, 1.165) is 0 Å². The van der Waals surface area contributed by atoms with Crippen molar-refractivity contribution in [2.45, 2.75) is 25.7 Å². The Morgan fingerprint density at radius 1 is 0.967 bits per heavy atom. The maximum absolute atomic E-state index is 12.4. The van der Waals surface area contributed by atoms with Crippen LogP contribution in [0.15, 0.2) is 82.0 Å². The summed E-state index contributed by atoms with van der Waals surface area (Å²) in [5, 5.41) is 17.7. The number of phenols is 1. The third-order valence-electron chi connectivity index (χ3n) is 3.69. The van der Waals surface area contributed by atoms with Crippen LogP contribution in [0.3, 0.4) is 0 Å². The van der Waals surface area contributed by atoms with Gasteiger partial charge in [0.05, 0.1) is 21.8 Å². The van der Waals surface area contributed by atoms with Gasteiger partial charge in [-0.15, -0.1) is 0 Å². The van der Waals surface area contributed by atoms with Crippen LogP contribution in [0, 0.1) is 0 Å². The van der Waals surface area contributed by atoms with Crippen molar-refractivity contribution in [3.8, 4) is 5.75 Å². The Hall–Kier alpha value is -3.59. The minimum atomic E-state index is -3.77. The van der Waals surface area contributed by atoms with Crippen LogP contribution >= 0.6 is 0 Å². The lowest BCUT2D eigenvalue weighted by Gasteiger charge is -2.07. The highest BCUT2D eigenvalue weighted by molar-refractivity contribution is 7.92. The van der Waals surface area contributed by atoms with Crippen LogP contribution in [-0.4, -0.2) is 24.3 Å². The topological polar surface area (TPSA) is 121 Å². The summed E-state index contributed by atoms with van der Waals surface area (Å²) in [6.07, 6.45) is 1.49. The molecule has 0 radical (unpaired) electrons. The highest BCUT2D eigenvalue weighted by Crippen LogP contribution is 2.26. The average molecular weight is 426 g/mol. The number of carbonyl (C=O) groups is 1. The summed E-state index contributed by atoms with van der Waals surface area (Å²) in [4.78, 5) is 15.4. The van der Waals surface area contributed by atoms with Gasteiger partial charge in [0.1, 0.15) is 11.6 Å². The number of sulfonamides is 1. The number of nitrogens with one attached hydrogen (secondary N) is 1. The number of Topliss-reactive ketones (excluding diaryl/α,β-unsaturated/α-hetero) is 1. The zero-order valence-corrected chi connectivity index (χ0v) is 17.6. The zero-order valence-electron chi connectivity index (χ0n) is 16.8. The molecule has 1 aromatic heterocycles. The van der Waals surface area contributed by atoms with Gasteiger partial charge in [0.15, 0.2) is 5.78 Å². The molecule has 0 atom stereocenters. The summed E-state index contributed by atoms with van der Waals surface area (Å²) >= 11 is 0. The minimum Gasteiger partial charge on any atom is -0.507 e. The lowest BCUT2D eigenvalue weighted by Crippen LogP contribution is -2.13. The predicted molar refractivity (Wildman–Crippen MR) is 115 cm³/mol. The van der Waals surface area contributed by atoms with Gasteiger partial charge >= 0.3 is 0 Å². The van der Waals surface area contributed by atoms with Gasteiger partial charge in [-0.1, -0.05) is 19.9 Å². The van der Waals surface area contributed by atoms with E-state index < -0.39 is 10.0 Å². The fourth-order valence-electron chi connectivity index (χ4n) is 2.30. The number of nitrogens with zero attached hydrogens (tertiary/aromatic N) is 3. The molecule has 156 valence electrons. The van der Waals surface area contributed by atoms with Crippen molar-refractivity contribution in [1.29, 1.82) is 0 Å². The van der Waals surface area contributed by atoms with Crippen molar-refractivity contribution in [2.24, 2.45) is 10.2 Å². The predicted octanol–water partition coefficient (Wildman–Crippen LogP) is 5.23. The van der Waals surface area contributed by atoms with Gasteiger partial charge in [-0.2, -0.15) is 10.2 Å². The molecule has 1 heterocycles. The third kappa shape index (κ3) is 5.95. The Balaban J connectivity index is 0.00000155. The number of carbonyl (C=O) groups excluding carboxylic acids is 1. The summed E-state index contributed by atoms with van der Waals surface area (Å²) in [5.41, 5.74) is 0.962. The van der Waals surface area contributed by atoms with E-state index >= 15 is 0 Å². The van der Waals surface area contributed by atoms with Crippen LogP contribution in [0.25, 0.3) is 0 Å². The van der Waals surface area contributed by atoms with Gasteiger partial charge in [-0.05, 0) is 61.5 Å². The molecule has 3 aromatic rings. The van der Waals surface area contributed by atoms with Crippen molar-refractivity contribution in [2.75, 3.05) is 4.72 Å². The zero-order chi connectivity index (χ0) is 22.1. The molecule has 0 amide bonds. The van der Waals surface area contributed by atoms with Gasteiger partial charge in [-0.3, -0.25) is 9.52 Å². The number of azo groups is 1. The fourth-order valence-corrected chi connectivity index (χ4v) is 3.30. The highest BCUT2D eigenvalue weighted by Gasteiger charge is 2.14. The number of rotatable bonds is 6. The molecule has 0 aliphatic rings. The fraction of sp³-hybridized carbons (Fsp3) is 0.143. The molecule has 0 fully saturated rings. The Kier molecular flexibility index (Phi) is 7.76. The first-order chi connectivity index (χ1) is 14.3. The van der Waals surface area contributed by atoms with E-state index in [1.807, 2.05) is 13.8 Å². The van der Waals surface area contributed by atoms with Crippen molar-refractivity contribution in [3.05, 3.63) is 72.4 Å². The van der Waals surface area contributed by atoms with Crippen LogP contribution in [0.5, 0.6) is 5.75 Å². The second-order valence-electron chi connectivity index (χ2n) is 5.77. The normalized spacial score (nSPS) is 10.9. The van der Waals surface area contributed by atoms with Gasteiger partial charge in [-0.25, -0.2) is 13.4 Å². The molecule has 0 aliphatic carbocycles. The number of ketones is 1. The second kappa shape index (κ2) is 10.3. The second-order valence-corrected chi connectivity index (χ2v) is 7.45. The lowest BCUT2D eigenvalue weighted by atomic mass is 10.1. The summed E-state index contributed by atoms with van der Waals surface area (Å²) in [6.45, 7) is 5.34. The number of aromatic nitrogens is 1. The van der Waals surface area contributed by atoms with Gasteiger partial charge in [0.2, 0.25) is 0 Å². The number of pyridine rings is 1. The monoisotopic (exact) mass is 426 g/mol. The van der Waals surface area contributed by atoms with E-state index in [1.165, 1.54) is 55.6 Å². The van der Waals surface area contributed by atoms with Gasteiger partial charge in [0, 0.05) is 6.20 Å². The van der Waals surface area contributed by atoms with E-state index in [9.17, 15) is 18.3 Å². The maximum atomic E-state index is 12.4. The van der Waals surface area contributed by atoms with E-state index in [4.69, 9.17) is 0 Å². The summed E-state index contributed by atoms with van der Waals surface area (Å²) in [6, 6.07) is 15.0. The minimum absolute atomic E-state index is 0.0561. The number of hydrogen-bond acceptors (Lipinski definition) is 7. The molecule has 0 aliphatic heterocycles. The Bertz CT molecular complexity index is 1130.